The summed E-state index contributed by atoms with van der Waals surface area (Å²) < 4.78 is 4.64. The van der Waals surface area contributed by atoms with Crippen molar-refractivity contribution in [1.29, 1.82) is 0 Å². The summed E-state index contributed by atoms with van der Waals surface area (Å²) in [6.07, 6.45) is 0. The summed E-state index contributed by atoms with van der Waals surface area (Å²) in [5.41, 5.74) is 1.06. The SMILES string of the molecule is COC(=O)[C@H](CS)NCc1ccc(Cl)cc1. The summed E-state index contributed by atoms with van der Waals surface area (Å²) in [7, 11) is 1.36. The Morgan fingerprint density at radius 3 is 2.62 bits per heavy atom. The van der Waals surface area contributed by atoms with E-state index in [4.69, 9.17) is 11.6 Å². The number of methoxy groups -OCH3 is 1. The van der Waals surface area contributed by atoms with Crippen LogP contribution in [0.5, 0.6) is 0 Å². The molecule has 0 aliphatic rings. The molecule has 0 radical (unpaired) electrons. The molecule has 1 aromatic carbocycles. The topological polar surface area (TPSA) is 38.3 Å². The van der Waals surface area contributed by atoms with Crippen LogP contribution in [0.1, 0.15) is 5.56 Å². The lowest BCUT2D eigenvalue weighted by Crippen LogP contribution is -2.38. The minimum atomic E-state index is -0.385. The van der Waals surface area contributed by atoms with Crippen molar-refractivity contribution in [3.05, 3.63) is 34.9 Å². The molecule has 0 fully saturated rings. The minimum absolute atomic E-state index is 0.302. The zero-order chi connectivity index (χ0) is 12.0. The number of hydrogen-bond acceptors (Lipinski definition) is 4. The van der Waals surface area contributed by atoms with Crippen molar-refractivity contribution >= 4 is 30.2 Å². The molecule has 0 aliphatic heterocycles. The molecular weight excluding hydrogens is 246 g/mol. The van der Waals surface area contributed by atoms with Gasteiger partial charge in [0.05, 0.1) is 7.11 Å². The standard InChI is InChI=1S/C11H14ClNO2S/c1-15-11(14)10(7-16)13-6-8-2-4-9(12)5-3-8/h2-5,10,13,16H,6-7H2,1H3/t10-/m0/s1. The molecule has 1 N–H and O–H groups in total. The predicted octanol–water partition coefficient (Wildman–Crippen LogP) is 1.90. The van der Waals surface area contributed by atoms with Gasteiger partial charge in [0.15, 0.2) is 0 Å². The fourth-order valence-electron chi connectivity index (χ4n) is 1.21. The van der Waals surface area contributed by atoms with Crippen LogP contribution < -0.4 is 5.32 Å². The second-order valence-corrected chi connectivity index (χ2v) is 4.07. The molecule has 0 amide bonds. The first kappa shape index (κ1) is 13.4. The second-order valence-electron chi connectivity index (χ2n) is 3.27. The Hall–Kier alpha value is -0.710. The molecule has 0 bridgehead atoms. The first-order valence-corrected chi connectivity index (χ1v) is 5.85. The van der Waals surface area contributed by atoms with Gasteiger partial charge in [0, 0.05) is 17.3 Å². The van der Waals surface area contributed by atoms with Gasteiger partial charge >= 0.3 is 5.97 Å². The quantitative estimate of drug-likeness (QED) is 0.627. The number of thiol groups is 1. The van der Waals surface area contributed by atoms with Crippen LogP contribution in [0.4, 0.5) is 0 Å². The average molecular weight is 260 g/mol. The fraction of sp³-hybridized carbons (Fsp3) is 0.364. The molecule has 1 aromatic rings. The van der Waals surface area contributed by atoms with Crippen LogP contribution in [0.3, 0.4) is 0 Å². The van der Waals surface area contributed by atoms with Gasteiger partial charge in [0.2, 0.25) is 0 Å². The van der Waals surface area contributed by atoms with E-state index in [9.17, 15) is 4.79 Å². The van der Waals surface area contributed by atoms with Crippen molar-refractivity contribution < 1.29 is 9.53 Å². The van der Waals surface area contributed by atoms with Gasteiger partial charge < -0.3 is 4.74 Å². The Morgan fingerprint density at radius 1 is 1.50 bits per heavy atom. The number of ether oxygens (including phenoxy) is 1. The number of rotatable bonds is 5. The number of esters is 1. The molecule has 0 heterocycles. The van der Waals surface area contributed by atoms with E-state index in [0.717, 1.165) is 5.56 Å². The largest absolute Gasteiger partial charge is 0.468 e. The van der Waals surface area contributed by atoms with Crippen LogP contribution in [0.2, 0.25) is 5.02 Å². The Balaban J connectivity index is 2.49. The molecule has 0 saturated heterocycles. The molecular formula is C11H14ClNO2S. The minimum Gasteiger partial charge on any atom is -0.468 e. The predicted molar refractivity (Wildman–Crippen MR) is 67.9 cm³/mol. The third-order valence-electron chi connectivity index (χ3n) is 2.13. The van der Waals surface area contributed by atoms with E-state index in [-0.39, 0.29) is 12.0 Å². The van der Waals surface area contributed by atoms with E-state index in [2.05, 4.69) is 22.7 Å². The molecule has 0 unspecified atom stereocenters. The van der Waals surface area contributed by atoms with Gasteiger partial charge in [-0.1, -0.05) is 23.7 Å². The Morgan fingerprint density at radius 2 is 2.12 bits per heavy atom. The Labute approximate surface area is 106 Å². The summed E-state index contributed by atoms with van der Waals surface area (Å²) >= 11 is 9.86. The number of nitrogens with one attached hydrogen (secondary N) is 1. The van der Waals surface area contributed by atoms with E-state index in [1.807, 2.05) is 24.3 Å². The summed E-state index contributed by atoms with van der Waals surface area (Å²) in [6, 6.07) is 7.05. The number of carbonyl (C=O) groups excluding carboxylic acids is 1. The zero-order valence-electron chi connectivity index (χ0n) is 8.94. The van der Waals surface area contributed by atoms with E-state index < -0.39 is 0 Å². The maximum Gasteiger partial charge on any atom is 0.323 e. The highest BCUT2D eigenvalue weighted by molar-refractivity contribution is 7.80. The lowest BCUT2D eigenvalue weighted by Gasteiger charge is -2.13. The Kier molecular flexibility index (Phi) is 5.66. The Bertz CT molecular complexity index is 342. The summed E-state index contributed by atoms with van der Waals surface area (Å²) in [6.45, 7) is 0.581. The molecule has 0 spiro atoms. The van der Waals surface area contributed by atoms with Crippen molar-refractivity contribution in [2.75, 3.05) is 12.9 Å². The molecule has 3 nitrogen and oxygen atoms in total. The molecule has 0 aliphatic carbocycles. The van der Waals surface area contributed by atoms with Crippen LogP contribution in [0.15, 0.2) is 24.3 Å². The van der Waals surface area contributed by atoms with Gasteiger partial charge in [-0.2, -0.15) is 12.6 Å². The lowest BCUT2D eigenvalue weighted by molar-refractivity contribution is -0.142. The van der Waals surface area contributed by atoms with E-state index in [0.29, 0.717) is 17.3 Å². The van der Waals surface area contributed by atoms with Crippen LogP contribution in [-0.4, -0.2) is 24.9 Å². The highest BCUT2D eigenvalue weighted by atomic mass is 35.5. The van der Waals surface area contributed by atoms with Gasteiger partial charge in [0.25, 0.3) is 0 Å². The van der Waals surface area contributed by atoms with Crippen LogP contribution in [0, 0.1) is 0 Å². The molecule has 0 aromatic heterocycles. The highest BCUT2D eigenvalue weighted by Gasteiger charge is 2.15. The number of benzene rings is 1. The van der Waals surface area contributed by atoms with Crippen molar-refractivity contribution in [2.24, 2.45) is 0 Å². The molecule has 5 heteroatoms. The normalized spacial score (nSPS) is 12.2. The van der Waals surface area contributed by atoms with Crippen molar-refractivity contribution in [2.45, 2.75) is 12.6 Å². The van der Waals surface area contributed by atoms with Crippen molar-refractivity contribution in [3.63, 3.8) is 0 Å². The molecule has 16 heavy (non-hydrogen) atoms. The van der Waals surface area contributed by atoms with Gasteiger partial charge in [-0.3, -0.25) is 10.1 Å². The zero-order valence-corrected chi connectivity index (χ0v) is 10.6. The van der Waals surface area contributed by atoms with E-state index in [1.165, 1.54) is 7.11 Å². The van der Waals surface area contributed by atoms with E-state index in [1.54, 1.807) is 0 Å². The fourth-order valence-corrected chi connectivity index (χ4v) is 1.61. The molecule has 1 rings (SSSR count). The lowest BCUT2D eigenvalue weighted by atomic mass is 10.2. The third kappa shape index (κ3) is 4.04. The number of carbonyl (C=O) groups is 1. The van der Waals surface area contributed by atoms with Gasteiger partial charge in [-0.15, -0.1) is 0 Å². The average Bonchev–Trinajstić information content (AvgIpc) is 2.31. The van der Waals surface area contributed by atoms with Crippen LogP contribution in [0.25, 0.3) is 0 Å². The first-order chi connectivity index (χ1) is 7.67. The summed E-state index contributed by atoms with van der Waals surface area (Å²) in [4.78, 5) is 11.3. The van der Waals surface area contributed by atoms with Gasteiger partial charge in [-0.05, 0) is 17.7 Å². The summed E-state index contributed by atoms with van der Waals surface area (Å²) in [5, 5.41) is 3.76. The summed E-state index contributed by atoms with van der Waals surface area (Å²) in [5.74, 6) is 0.101. The maximum atomic E-state index is 11.3. The van der Waals surface area contributed by atoms with Crippen LogP contribution >= 0.6 is 24.2 Å². The second kappa shape index (κ2) is 6.78. The third-order valence-corrected chi connectivity index (χ3v) is 2.75. The van der Waals surface area contributed by atoms with E-state index >= 15 is 0 Å². The maximum absolute atomic E-state index is 11.3. The monoisotopic (exact) mass is 259 g/mol. The number of halogens is 1. The van der Waals surface area contributed by atoms with Gasteiger partial charge in [0.1, 0.15) is 6.04 Å². The smallest absolute Gasteiger partial charge is 0.323 e. The highest BCUT2D eigenvalue weighted by Crippen LogP contribution is 2.09. The molecule has 0 saturated carbocycles. The number of hydrogen-bond donors (Lipinski definition) is 2. The van der Waals surface area contributed by atoms with Gasteiger partial charge in [-0.25, -0.2) is 0 Å². The first-order valence-electron chi connectivity index (χ1n) is 4.84. The van der Waals surface area contributed by atoms with Crippen LogP contribution in [-0.2, 0) is 16.1 Å². The van der Waals surface area contributed by atoms with Crippen molar-refractivity contribution in [1.82, 2.24) is 5.32 Å². The molecule has 88 valence electrons. The molecule has 1 atom stereocenters. The van der Waals surface area contributed by atoms with Crippen molar-refractivity contribution in [3.8, 4) is 0 Å².